The highest BCUT2D eigenvalue weighted by molar-refractivity contribution is 5.79. The normalized spacial score (nSPS) is 30.6. The van der Waals surface area contributed by atoms with Crippen LogP contribution in [-0.2, 0) is 4.79 Å². The van der Waals surface area contributed by atoms with Crippen LogP contribution in [0, 0.1) is 11.8 Å². The molecule has 2 unspecified atom stereocenters. The van der Waals surface area contributed by atoms with Gasteiger partial charge in [-0.1, -0.05) is 6.92 Å². The van der Waals surface area contributed by atoms with E-state index in [1.807, 2.05) is 6.92 Å². The summed E-state index contributed by atoms with van der Waals surface area (Å²) in [5.41, 5.74) is 0. The largest absolute Gasteiger partial charge is 0.356 e. The molecule has 1 fully saturated rings. The van der Waals surface area contributed by atoms with Gasteiger partial charge in [0.25, 0.3) is 0 Å². The fraction of sp³-hybridized carbons (Fsp3) is 0.889. The first-order chi connectivity index (χ1) is 5.65. The predicted molar refractivity (Wildman–Crippen MR) is 48.8 cm³/mol. The first-order valence-electron chi connectivity index (χ1n) is 4.61. The average Bonchev–Trinajstić information content (AvgIpc) is 2.30. The number of hydrogen-bond acceptors (Lipinski definition) is 2. The van der Waals surface area contributed by atoms with Crippen LogP contribution in [0.5, 0.6) is 0 Å². The molecule has 0 spiro atoms. The van der Waals surface area contributed by atoms with Gasteiger partial charge in [0.15, 0.2) is 0 Å². The highest BCUT2D eigenvalue weighted by Gasteiger charge is 2.32. The molecular weight excluding hydrogens is 152 g/mol. The summed E-state index contributed by atoms with van der Waals surface area (Å²) >= 11 is 0. The second-order valence-corrected chi connectivity index (χ2v) is 3.70. The molecule has 0 aromatic carbocycles. The van der Waals surface area contributed by atoms with E-state index in [2.05, 4.69) is 24.2 Å². The van der Waals surface area contributed by atoms with Gasteiger partial charge in [0.1, 0.15) is 0 Å². The summed E-state index contributed by atoms with van der Waals surface area (Å²) in [5.74, 6) is 0.922. The fourth-order valence-electron chi connectivity index (χ4n) is 1.86. The van der Waals surface area contributed by atoms with E-state index in [0.29, 0.717) is 5.92 Å². The van der Waals surface area contributed by atoms with E-state index in [1.165, 1.54) is 0 Å². The summed E-state index contributed by atoms with van der Waals surface area (Å²) in [6, 6.07) is 0. The first-order valence-corrected chi connectivity index (χ1v) is 4.61. The van der Waals surface area contributed by atoms with Crippen LogP contribution < -0.4 is 5.32 Å². The number of amides is 1. The van der Waals surface area contributed by atoms with Crippen molar-refractivity contribution < 1.29 is 4.79 Å². The zero-order chi connectivity index (χ0) is 9.14. The minimum atomic E-state index is 0.204. The maximum atomic E-state index is 11.5. The van der Waals surface area contributed by atoms with Crippen molar-refractivity contribution in [2.24, 2.45) is 11.8 Å². The smallest absolute Gasteiger partial charge is 0.224 e. The second kappa shape index (κ2) is 3.90. The van der Waals surface area contributed by atoms with E-state index < -0.39 is 0 Å². The van der Waals surface area contributed by atoms with Crippen LogP contribution in [0.2, 0.25) is 0 Å². The molecule has 0 aromatic heterocycles. The number of hydrogen-bond donors (Lipinski definition) is 1. The van der Waals surface area contributed by atoms with Gasteiger partial charge in [0.05, 0.1) is 5.92 Å². The van der Waals surface area contributed by atoms with Gasteiger partial charge in [-0.15, -0.1) is 0 Å². The number of carbonyl (C=O) groups excluding carboxylic acids is 1. The molecule has 70 valence electrons. The third-order valence-corrected chi connectivity index (χ3v) is 2.48. The highest BCUT2D eigenvalue weighted by atomic mass is 16.1. The number of likely N-dealkylation sites (tertiary alicyclic amines) is 1. The lowest BCUT2D eigenvalue weighted by molar-refractivity contribution is -0.125. The van der Waals surface area contributed by atoms with Gasteiger partial charge in [-0.3, -0.25) is 4.79 Å². The minimum absolute atomic E-state index is 0.204. The zero-order valence-corrected chi connectivity index (χ0v) is 8.13. The van der Waals surface area contributed by atoms with E-state index >= 15 is 0 Å². The van der Waals surface area contributed by atoms with Crippen LogP contribution >= 0.6 is 0 Å². The molecule has 1 amide bonds. The third kappa shape index (κ3) is 1.97. The summed E-state index contributed by atoms with van der Waals surface area (Å²) in [6.45, 7) is 6.80. The van der Waals surface area contributed by atoms with E-state index in [0.717, 1.165) is 19.6 Å². The van der Waals surface area contributed by atoms with E-state index in [1.54, 1.807) is 0 Å². The zero-order valence-electron chi connectivity index (χ0n) is 8.13. The van der Waals surface area contributed by atoms with Crippen LogP contribution in [0.15, 0.2) is 0 Å². The highest BCUT2D eigenvalue weighted by Crippen LogP contribution is 2.21. The number of carbonyl (C=O) groups is 1. The second-order valence-electron chi connectivity index (χ2n) is 3.70. The molecule has 1 heterocycles. The van der Waals surface area contributed by atoms with E-state index in [9.17, 15) is 4.79 Å². The standard InChI is InChI=1S/C9H18N2O/c1-4-10-9(12)8-6-11(3)5-7(8)2/h7-8H,4-6H2,1-3H3,(H,10,12). The summed E-state index contributed by atoms with van der Waals surface area (Å²) in [7, 11) is 2.07. The van der Waals surface area contributed by atoms with Crippen LogP contribution in [0.1, 0.15) is 13.8 Å². The Morgan fingerprint density at radius 2 is 2.25 bits per heavy atom. The molecule has 3 heteroatoms. The van der Waals surface area contributed by atoms with Gasteiger partial charge in [0, 0.05) is 19.6 Å². The van der Waals surface area contributed by atoms with E-state index in [-0.39, 0.29) is 11.8 Å². The average molecular weight is 170 g/mol. The Balaban J connectivity index is 2.46. The van der Waals surface area contributed by atoms with Crippen molar-refractivity contribution in [1.29, 1.82) is 0 Å². The Kier molecular flexibility index (Phi) is 3.09. The molecule has 0 saturated carbocycles. The molecule has 1 aliphatic heterocycles. The lowest BCUT2D eigenvalue weighted by atomic mass is 9.97. The van der Waals surface area contributed by atoms with Crippen molar-refractivity contribution in [3.05, 3.63) is 0 Å². The van der Waals surface area contributed by atoms with Gasteiger partial charge in [-0.05, 0) is 19.9 Å². The number of rotatable bonds is 2. The fourth-order valence-corrected chi connectivity index (χ4v) is 1.86. The summed E-state index contributed by atoms with van der Waals surface area (Å²) < 4.78 is 0. The molecular formula is C9H18N2O. The van der Waals surface area contributed by atoms with Crippen molar-refractivity contribution in [2.45, 2.75) is 13.8 Å². The van der Waals surface area contributed by atoms with Crippen molar-refractivity contribution in [2.75, 3.05) is 26.7 Å². The molecule has 3 nitrogen and oxygen atoms in total. The van der Waals surface area contributed by atoms with Gasteiger partial charge >= 0.3 is 0 Å². The molecule has 0 bridgehead atoms. The Labute approximate surface area is 74.1 Å². The summed E-state index contributed by atoms with van der Waals surface area (Å²) in [5, 5.41) is 2.87. The third-order valence-electron chi connectivity index (χ3n) is 2.48. The van der Waals surface area contributed by atoms with Gasteiger partial charge in [0.2, 0.25) is 5.91 Å². The Morgan fingerprint density at radius 3 is 2.67 bits per heavy atom. The first kappa shape index (κ1) is 9.52. The number of nitrogens with one attached hydrogen (secondary N) is 1. The molecule has 0 radical (unpaired) electrons. The molecule has 1 aliphatic rings. The van der Waals surface area contributed by atoms with Crippen molar-refractivity contribution >= 4 is 5.91 Å². The molecule has 1 rings (SSSR count). The van der Waals surface area contributed by atoms with Crippen molar-refractivity contribution in [3.63, 3.8) is 0 Å². The molecule has 1 saturated heterocycles. The van der Waals surface area contributed by atoms with Crippen LogP contribution in [0.25, 0.3) is 0 Å². The molecule has 1 N–H and O–H groups in total. The SMILES string of the molecule is CCNC(=O)C1CN(C)CC1C. The Bertz CT molecular complexity index is 170. The maximum absolute atomic E-state index is 11.5. The number of nitrogens with zero attached hydrogens (tertiary/aromatic N) is 1. The Hall–Kier alpha value is -0.570. The monoisotopic (exact) mass is 170 g/mol. The van der Waals surface area contributed by atoms with Gasteiger partial charge in [-0.25, -0.2) is 0 Å². The van der Waals surface area contributed by atoms with Crippen LogP contribution in [0.4, 0.5) is 0 Å². The van der Waals surface area contributed by atoms with Gasteiger partial charge < -0.3 is 10.2 Å². The molecule has 2 atom stereocenters. The summed E-state index contributed by atoms with van der Waals surface area (Å²) in [6.07, 6.45) is 0. The lowest BCUT2D eigenvalue weighted by Gasteiger charge is -2.12. The molecule has 0 aliphatic carbocycles. The van der Waals surface area contributed by atoms with Gasteiger partial charge in [-0.2, -0.15) is 0 Å². The summed E-state index contributed by atoms with van der Waals surface area (Å²) in [4.78, 5) is 13.7. The lowest BCUT2D eigenvalue weighted by Crippen LogP contribution is -2.34. The van der Waals surface area contributed by atoms with Crippen molar-refractivity contribution in [3.8, 4) is 0 Å². The quantitative estimate of drug-likeness (QED) is 0.647. The molecule has 0 aromatic rings. The van der Waals surface area contributed by atoms with E-state index in [4.69, 9.17) is 0 Å². The minimum Gasteiger partial charge on any atom is -0.356 e. The van der Waals surface area contributed by atoms with Crippen molar-refractivity contribution in [1.82, 2.24) is 10.2 Å². The van der Waals surface area contributed by atoms with Crippen LogP contribution in [0.3, 0.4) is 0 Å². The maximum Gasteiger partial charge on any atom is 0.224 e. The predicted octanol–water partition coefficient (Wildman–Crippen LogP) is 0.320. The Morgan fingerprint density at radius 1 is 1.58 bits per heavy atom. The topological polar surface area (TPSA) is 32.3 Å². The molecule has 12 heavy (non-hydrogen) atoms. The van der Waals surface area contributed by atoms with Crippen LogP contribution in [-0.4, -0.2) is 37.5 Å².